The second-order valence-corrected chi connectivity index (χ2v) is 7.71. The van der Waals surface area contributed by atoms with E-state index in [1.165, 1.54) is 17.7 Å². The predicted octanol–water partition coefficient (Wildman–Crippen LogP) is 4.19. The molecule has 0 amide bonds. The molecule has 1 fully saturated rings. The second kappa shape index (κ2) is 8.02. The molecule has 1 unspecified atom stereocenters. The molecule has 0 aliphatic carbocycles. The zero-order chi connectivity index (χ0) is 19.6. The van der Waals surface area contributed by atoms with E-state index in [-0.39, 0.29) is 23.3 Å². The summed E-state index contributed by atoms with van der Waals surface area (Å²) in [6.45, 7) is 2.81. The van der Waals surface area contributed by atoms with Gasteiger partial charge in [-0.2, -0.15) is 0 Å². The summed E-state index contributed by atoms with van der Waals surface area (Å²) >= 11 is 0. The van der Waals surface area contributed by atoms with Gasteiger partial charge in [0.2, 0.25) is 6.29 Å². The Morgan fingerprint density at radius 3 is 2.61 bits per heavy atom. The molecule has 0 aromatic heterocycles. The zero-order valence-electron chi connectivity index (χ0n) is 16.2. The van der Waals surface area contributed by atoms with Crippen LogP contribution >= 0.6 is 0 Å². The van der Waals surface area contributed by atoms with Crippen molar-refractivity contribution in [2.45, 2.75) is 37.4 Å². The van der Waals surface area contributed by atoms with Crippen LogP contribution in [0.4, 0.5) is 4.39 Å². The fourth-order valence-electron chi connectivity index (χ4n) is 4.53. The number of carbonyl (C=O) groups is 1. The Morgan fingerprint density at radius 1 is 1.18 bits per heavy atom. The lowest BCUT2D eigenvalue weighted by Gasteiger charge is -2.41. The Hall–Kier alpha value is -2.24. The van der Waals surface area contributed by atoms with Gasteiger partial charge in [-0.05, 0) is 69.2 Å². The number of carbonyl (C=O) groups excluding carboxylic acids is 1. The van der Waals surface area contributed by atoms with Crippen LogP contribution in [0.5, 0.6) is 5.75 Å². The average Bonchev–Trinajstić information content (AvgIpc) is 3.03. The maximum Gasteiger partial charge on any atom is 0.209 e. The van der Waals surface area contributed by atoms with Crippen molar-refractivity contribution in [2.24, 2.45) is 0 Å². The number of Topliss-reactive ketones (excluding diaryl/α,β-unsaturated/α-hetero) is 1. The van der Waals surface area contributed by atoms with Crippen LogP contribution in [0, 0.1) is 5.82 Å². The normalized spacial score (nSPS) is 20.7. The SMILES string of the molecule is COC1Oc2ccccc2C12CCN(CCCC(=O)c1ccc(F)cc1)CC2. The lowest BCUT2D eigenvalue weighted by molar-refractivity contribution is -0.103. The van der Waals surface area contributed by atoms with Crippen LogP contribution in [-0.2, 0) is 10.2 Å². The summed E-state index contributed by atoms with van der Waals surface area (Å²) in [6.07, 6.45) is 3.03. The summed E-state index contributed by atoms with van der Waals surface area (Å²) < 4.78 is 24.7. The molecule has 4 nitrogen and oxygen atoms in total. The Morgan fingerprint density at radius 2 is 1.89 bits per heavy atom. The molecule has 2 aliphatic rings. The van der Waals surface area contributed by atoms with Crippen molar-refractivity contribution in [3.63, 3.8) is 0 Å². The number of benzene rings is 2. The van der Waals surface area contributed by atoms with E-state index in [9.17, 15) is 9.18 Å². The van der Waals surface area contributed by atoms with Crippen LogP contribution in [-0.4, -0.2) is 43.7 Å². The Balaban J connectivity index is 1.31. The van der Waals surface area contributed by atoms with Gasteiger partial charge in [-0.3, -0.25) is 4.79 Å². The highest BCUT2D eigenvalue weighted by atomic mass is 19.1. The molecule has 2 aliphatic heterocycles. The molecule has 5 heteroatoms. The second-order valence-electron chi connectivity index (χ2n) is 7.71. The third kappa shape index (κ3) is 3.56. The molecule has 0 bridgehead atoms. The summed E-state index contributed by atoms with van der Waals surface area (Å²) in [5.74, 6) is 0.698. The number of ether oxygens (including phenoxy) is 2. The van der Waals surface area contributed by atoms with Gasteiger partial charge in [-0.25, -0.2) is 4.39 Å². The molecule has 28 heavy (non-hydrogen) atoms. The standard InChI is InChI=1S/C23H26FNO3/c1-27-22-23(19-5-2-3-7-21(19)28-22)12-15-25(16-13-23)14-4-6-20(26)17-8-10-18(24)11-9-17/h2-3,5,7-11,22H,4,6,12-16H2,1H3. The van der Waals surface area contributed by atoms with Crippen LogP contribution in [0.2, 0.25) is 0 Å². The van der Waals surface area contributed by atoms with Crippen LogP contribution in [0.3, 0.4) is 0 Å². The first-order chi connectivity index (χ1) is 13.6. The Bertz CT molecular complexity index is 828. The van der Waals surface area contributed by atoms with E-state index in [0.29, 0.717) is 12.0 Å². The molecule has 148 valence electrons. The van der Waals surface area contributed by atoms with E-state index in [0.717, 1.165) is 44.6 Å². The van der Waals surface area contributed by atoms with Crippen molar-refractivity contribution in [3.05, 3.63) is 65.5 Å². The minimum Gasteiger partial charge on any atom is -0.464 e. The summed E-state index contributed by atoms with van der Waals surface area (Å²) in [7, 11) is 1.71. The third-order valence-electron chi connectivity index (χ3n) is 6.12. The topological polar surface area (TPSA) is 38.8 Å². The number of methoxy groups -OCH3 is 1. The highest BCUT2D eigenvalue weighted by Gasteiger charge is 2.50. The summed E-state index contributed by atoms with van der Waals surface area (Å²) in [5, 5.41) is 0. The van der Waals surface area contributed by atoms with Crippen molar-refractivity contribution in [2.75, 3.05) is 26.7 Å². The quantitative estimate of drug-likeness (QED) is 0.702. The molecule has 1 atom stereocenters. The Kier molecular flexibility index (Phi) is 5.47. The van der Waals surface area contributed by atoms with Crippen molar-refractivity contribution in [3.8, 4) is 5.75 Å². The van der Waals surface area contributed by atoms with E-state index < -0.39 is 0 Å². The van der Waals surface area contributed by atoms with Gasteiger partial charge in [-0.1, -0.05) is 18.2 Å². The van der Waals surface area contributed by atoms with Gasteiger partial charge in [0.1, 0.15) is 11.6 Å². The summed E-state index contributed by atoms with van der Waals surface area (Å²) in [4.78, 5) is 14.7. The van der Waals surface area contributed by atoms with Crippen LogP contribution in [0.15, 0.2) is 48.5 Å². The van der Waals surface area contributed by atoms with Crippen molar-refractivity contribution in [1.29, 1.82) is 0 Å². The minimum absolute atomic E-state index is 0.0750. The first kappa shape index (κ1) is 19.1. The van der Waals surface area contributed by atoms with E-state index in [4.69, 9.17) is 9.47 Å². The largest absolute Gasteiger partial charge is 0.464 e. The molecule has 1 spiro atoms. The van der Waals surface area contributed by atoms with Gasteiger partial charge in [0.25, 0.3) is 0 Å². The fourth-order valence-corrected chi connectivity index (χ4v) is 4.53. The van der Waals surface area contributed by atoms with Gasteiger partial charge < -0.3 is 14.4 Å². The van der Waals surface area contributed by atoms with E-state index in [2.05, 4.69) is 17.0 Å². The minimum atomic E-state index is -0.314. The lowest BCUT2D eigenvalue weighted by atomic mass is 9.73. The van der Waals surface area contributed by atoms with E-state index in [1.54, 1.807) is 19.2 Å². The molecule has 2 heterocycles. The summed E-state index contributed by atoms with van der Waals surface area (Å²) in [6, 6.07) is 14.0. The first-order valence-corrected chi connectivity index (χ1v) is 9.92. The van der Waals surface area contributed by atoms with E-state index in [1.807, 2.05) is 12.1 Å². The van der Waals surface area contributed by atoms with Crippen LogP contribution in [0.25, 0.3) is 0 Å². The van der Waals surface area contributed by atoms with Gasteiger partial charge in [-0.15, -0.1) is 0 Å². The van der Waals surface area contributed by atoms with Crippen LogP contribution in [0.1, 0.15) is 41.6 Å². The first-order valence-electron chi connectivity index (χ1n) is 9.92. The van der Waals surface area contributed by atoms with Gasteiger partial charge in [0.05, 0.1) is 5.41 Å². The molecule has 2 aromatic carbocycles. The molecular weight excluding hydrogens is 357 g/mol. The van der Waals surface area contributed by atoms with Crippen molar-refractivity contribution < 1.29 is 18.7 Å². The average molecular weight is 383 g/mol. The maximum atomic E-state index is 13.0. The molecule has 2 aromatic rings. The number of hydrogen-bond acceptors (Lipinski definition) is 4. The number of rotatable bonds is 6. The smallest absolute Gasteiger partial charge is 0.209 e. The van der Waals surface area contributed by atoms with Crippen molar-refractivity contribution in [1.82, 2.24) is 4.90 Å². The lowest BCUT2D eigenvalue weighted by Crippen LogP contribution is -2.49. The Labute approximate surface area is 165 Å². The number of halogens is 1. The fraction of sp³-hybridized carbons (Fsp3) is 0.435. The number of piperidine rings is 1. The van der Waals surface area contributed by atoms with Gasteiger partial charge >= 0.3 is 0 Å². The van der Waals surface area contributed by atoms with Gasteiger partial charge in [0, 0.05) is 24.7 Å². The number of fused-ring (bicyclic) bond motifs is 2. The third-order valence-corrected chi connectivity index (χ3v) is 6.12. The van der Waals surface area contributed by atoms with E-state index >= 15 is 0 Å². The number of hydrogen-bond donors (Lipinski definition) is 0. The van der Waals surface area contributed by atoms with Gasteiger partial charge in [0.15, 0.2) is 5.78 Å². The highest BCUT2D eigenvalue weighted by Crippen LogP contribution is 2.49. The zero-order valence-corrected chi connectivity index (χ0v) is 16.2. The molecule has 0 radical (unpaired) electrons. The maximum absolute atomic E-state index is 13.0. The highest BCUT2D eigenvalue weighted by molar-refractivity contribution is 5.95. The molecule has 0 saturated carbocycles. The van der Waals surface area contributed by atoms with Crippen molar-refractivity contribution >= 4 is 5.78 Å². The molecule has 0 N–H and O–H groups in total. The number of ketones is 1. The number of likely N-dealkylation sites (tertiary alicyclic amines) is 1. The molecular formula is C23H26FNO3. The molecule has 1 saturated heterocycles. The number of nitrogens with zero attached hydrogens (tertiary/aromatic N) is 1. The number of para-hydroxylation sites is 1. The summed E-state index contributed by atoms with van der Waals surface area (Å²) in [5.41, 5.74) is 1.76. The molecule has 4 rings (SSSR count). The predicted molar refractivity (Wildman–Crippen MR) is 105 cm³/mol. The monoisotopic (exact) mass is 383 g/mol. The van der Waals surface area contributed by atoms with Crippen LogP contribution < -0.4 is 4.74 Å².